The number of carbonyl (C=O) groups is 1. The lowest BCUT2D eigenvalue weighted by atomic mass is 10.0. The van der Waals surface area contributed by atoms with E-state index in [1.807, 2.05) is 54.6 Å². The number of para-hydroxylation sites is 1. The molecule has 0 saturated carbocycles. The Kier molecular flexibility index (Phi) is 6.85. The Hall–Kier alpha value is -3.19. The van der Waals surface area contributed by atoms with Crippen LogP contribution in [0.1, 0.15) is 36.5 Å². The van der Waals surface area contributed by atoms with Gasteiger partial charge in [-0.1, -0.05) is 60.0 Å². The minimum Gasteiger partial charge on any atom is -0.496 e. The predicted molar refractivity (Wildman–Crippen MR) is 131 cm³/mol. The number of benzene rings is 2. The number of fused-ring (bicyclic) bond motifs is 1. The van der Waals surface area contributed by atoms with E-state index in [4.69, 9.17) is 9.72 Å². The van der Waals surface area contributed by atoms with Crippen LogP contribution in [-0.4, -0.2) is 34.7 Å². The molecule has 0 saturated heterocycles. The minimum absolute atomic E-state index is 0.135. The predicted octanol–water partition coefficient (Wildman–Crippen LogP) is 5.98. The molecule has 0 atom stereocenters. The van der Waals surface area contributed by atoms with Crippen LogP contribution in [0.25, 0.3) is 33.5 Å². The van der Waals surface area contributed by atoms with Crippen LogP contribution < -0.4 is 10.1 Å². The van der Waals surface area contributed by atoms with Crippen molar-refractivity contribution in [3.05, 3.63) is 64.6 Å². The molecule has 0 bridgehead atoms. The lowest BCUT2D eigenvalue weighted by molar-refractivity contribution is 0.0954. The summed E-state index contributed by atoms with van der Waals surface area (Å²) in [5.41, 5.74) is 4.18. The Morgan fingerprint density at radius 1 is 1.12 bits per heavy atom. The standard InChI is InChI=1S/C25H25BrN4O2/c1-3-4-7-14-27-25(31)19-15-20(18-8-5-6-9-21(18)32-2)28-24-22(19)23(29-30-24)16-10-12-17(26)13-11-16/h5-6,8-13,15H,3-4,7,14H2,1-2H3,(H,27,31)(H,28,29,30). The smallest absolute Gasteiger partial charge is 0.252 e. The van der Waals surface area contributed by atoms with Crippen molar-refractivity contribution in [2.24, 2.45) is 0 Å². The number of pyridine rings is 1. The summed E-state index contributed by atoms with van der Waals surface area (Å²) in [6.07, 6.45) is 3.12. The molecule has 0 aliphatic carbocycles. The van der Waals surface area contributed by atoms with Crippen molar-refractivity contribution in [2.75, 3.05) is 13.7 Å². The molecule has 4 aromatic rings. The third-order valence-electron chi connectivity index (χ3n) is 5.35. The Morgan fingerprint density at radius 2 is 1.91 bits per heavy atom. The number of nitrogens with one attached hydrogen (secondary N) is 2. The van der Waals surface area contributed by atoms with Gasteiger partial charge in [0.2, 0.25) is 0 Å². The lowest BCUT2D eigenvalue weighted by Gasteiger charge is -2.11. The van der Waals surface area contributed by atoms with Gasteiger partial charge in [-0.25, -0.2) is 4.98 Å². The van der Waals surface area contributed by atoms with Gasteiger partial charge in [0.25, 0.3) is 5.91 Å². The van der Waals surface area contributed by atoms with Crippen LogP contribution in [0.4, 0.5) is 0 Å². The van der Waals surface area contributed by atoms with Crippen molar-refractivity contribution in [1.82, 2.24) is 20.5 Å². The van der Waals surface area contributed by atoms with Gasteiger partial charge in [0.15, 0.2) is 5.65 Å². The number of carbonyl (C=O) groups excluding carboxylic acids is 1. The molecule has 0 spiro atoms. The van der Waals surface area contributed by atoms with Gasteiger partial charge in [-0.3, -0.25) is 9.89 Å². The van der Waals surface area contributed by atoms with E-state index in [1.54, 1.807) is 7.11 Å². The van der Waals surface area contributed by atoms with E-state index in [0.717, 1.165) is 40.6 Å². The molecule has 0 aliphatic rings. The molecule has 2 N–H and O–H groups in total. The maximum Gasteiger partial charge on any atom is 0.252 e. The molecular formula is C25H25BrN4O2. The van der Waals surface area contributed by atoms with Crippen molar-refractivity contribution >= 4 is 32.9 Å². The molecule has 1 amide bonds. The van der Waals surface area contributed by atoms with Crippen LogP contribution in [0.2, 0.25) is 0 Å². The van der Waals surface area contributed by atoms with Gasteiger partial charge >= 0.3 is 0 Å². The Labute approximate surface area is 195 Å². The summed E-state index contributed by atoms with van der Waals surface area (Å²) in [7, 11) is 1.62. The van der Waals surface area contributed by atoms with E-state index >= 15 is 0 Å². The number of halogens is 1. The number of nitrogens with zero attached hydrogens (tertiary/aromatic N) is 2. The third kappa shape index (κ3) is 4.53. The molecular weight excluding hydrogens is 468 g/mol. The molecule has 2 aromatic carbocycles. The summed E-state index contributed by atoms with van der Waals surface area (Å²) in [6.45, 7) is 2.77. The number of aromatic amines is 1. The first-order valence-corrected chi connectivity index (χ1v) is 11.5. The molecule has 6 nitrogen and oxygen atoms in total. The number of ether oxygens (including phenoxy) is 1. The van der Waals surface area contributed by atoms with Crippen LogP contribution >= 0.6 is 15.9 Å². The number of hydrogen-bond acceptors (Lipinski definition) is 4. The molecule has 0 radical (unpaired) electrons. The van der Waals surface area contributed by atoms with E-state index in [1.165, 1.54) is 0 Å². The first-order valence-electron chi connectivity index (χ1n) is 10.7. The van der Waals surface area contributed by atoms with Crippen LogP contribution in [0, 0.1) is 0 Å². The van der Waals surface area contributed by atoms with Gasteiger partial charge in [0.1, 0.15) is 5.75 Å². The number of unbranched alkanes of at least 4 members (excludes halogenated alkanes) is 2. The van der Waals surface area contributed by atoms with Gasteiger partial charge in [-0.05, 0) is 36.8 Å². The second-order valence-electron chi connectivity index (χ2n) is 7.52. The largest absolute Gasteiger partial charge is 0.496 e. The quantitative estimate of drug-likeness (QED) is 0.296. The topological polar surface area (TPSA) is 79.9 Å². The van der Waals surface area contributed by atoms with Crippen molar-refractivity contribution in [3.63, 3.8) is 0 Å². The van der Waals surface area contributed by atoms with Crippen molar-refractivity contribution < 1.29 is 9.53 Å². The number of rotatable bonds is 8. The second kappa shape index (κ2) is 9.96. The van der Waals surface area contributed by atoms with E-state index < -0.39 is 0 Å². The first kappa shape index (κ1) is 22.0. The van der Waals surface area contributed by atoms with E-state index in [0.29, 0.717) is 34.6 Å². The maximum absolute atomic E-state index is 13.3. The highest BCUT2D eigenvalue weighted by Gasteiger charge is 2.21. The molecule has 164 valence electrons. The van der Waals surface area contributed by atoms with Crippen LogP contribution in [0.3, 0.4) is 0 Å². The number of methoxy groups -OCH3 is 1. The monoisotopic (exact) mass is 492 g/mol. The molecule has 4 rings (SSSR count). The first-order chi connectivity index (χ1) is 15.6. The van der Waals surface area contributed by atoms with Gasteiger partial charge in [-0.2, -0.15) is 5.10 Å². The fourth-order valence-electron chi connectivity index (χ4n) is 3.69. The zero-order chi connectivity index (χ0) is 22.5. The second-order valence-corrected chi connectivity index (χ2v) is 8.44. The normalized spacial score (nSPS) is 11.0. The summed E-state index contributed by atoms with van der Waals surface area (Å²) in [5.74, 6) is 0.557. The highest BCUT2D eigenvalue weighted by molar-refractivity contribution is 9.10. The Bertz CT molecular complexity index is 1230. The summed E-state index contributed by atoms with van der Waals surface area (Å²) >= 11 is 3.47. The fourth-order valence-corrected chi connectivity index (χ4v) is 3.96. The zero-order valence-electron chi connectivity index (χ0n) is 18.1. The summed E-state index contributed by atoms with van der Waals surface area (Å²) in [6, 6.07) is 17.3. The lowest BCUT2D eigenvalue weighted by Crippen LogP contribution is -2.24. The average molecular weight is 493 g/mol. The van der Waals surface area contributed by atoms with Gasteiger partial charge < -0.3 is 10.1 Å². The van der Waals surface area contributed by atoms with Crippen molar-refractivity contribution in [3.8, 4) is 28.3 Å². The van der Waals surface area contributed by atoms with Gasteiger partial charge in [0.05, 0.1) is 29.4 Å². The highest BCUT2D eigenvalue weighted by Crippen LogP contribution is 2.34. The number of amides is 1. The minimum atomic E-state index is -0.135. The van der Waals surface area contributed by atoms with E-state index in [-0.39, 0.29) is 5.91 Å². The fraction of sp³-hybridized carbons (Fsp3) is 0.240. The maximum atomic E-state index is 13.3. The summed E-state index contributed by atoms with van der Waals surface area (Å²) in [5, 5.41) is 11.3. The molecule has 2 aromatic heterocycles. The number of hydrogen-bond donors (Lipinski definition) is 2. The van der Waals surface area contributed by atoms with E-state index in [9.17, 15) is 4.79 Å². The Balaban J connectivity index is 1.85. The summed E-state index contributed by atoms with van der Waals surface area (Å²) in [4.78, 5) is 18.0. The van der Waals surface area contributed by atoms with Crippen molar-refractivity contribution in [1.29, 1.82) is 0 Å². The molecule has 2 heterocycles. The molecule has 7 heteroatoms. The summed E-state index contributed by atoms with van der Waals surface area (Å²) < 4.78 is 6.50. The van der Waals surface area contributed by atoms with Crippen LogP contribution in [0.15, 0.2) is 59.1 Å². The molecule has 32 heavy (non-hydrogen) atoms. The number of aromatic nitrogens is 3. The number of H-pyrrole nitrogens is 1. The van der Waals surface area contributed by atoms with E-state index in [2.05, 4.69) is 38.4 Å². The average Bonchev–Trinajstić information content (AvgIpc) is 3.25. The molecule has 0 fully saturated rings. The van der Waals surface area contributed by atoms with Crippen LogP contribution in [-0.2, 0) is 0 Å². The van der Waals surface area contributed by atoms with Gasteiger partial charge in [-0.15, -0.1) is 0 Å². The van der Waals surface area contributed by atoms with Crippen molar-refractivity contribution in [2.45, 2.75) is 26.2 Å². The SMILES string of the molecule is CCCCCNC(=O)c1cc(-c2ccccc2OC)nc2n[nH]c(-c3ccc(Br)cc3)c12. The zero-order valence-corrected chi connectivity index (χ0v) is 19.7. The highest BCUT2D eigenvalue weighted by atomic mass is 79.9. The molecule has 0 unspecified atom stereocenters. The third-order valence-corrected chi connectivity index (χ3v) is 5.88. The Morgan fingerprint density at radius 3 is 2.66 bits per heavy atom. The van der Waals surface area contributed by atoms with Gasteiger partial charge in [0, 0.05) is 22.1 Å². The molecule has 0 aliphatic heterocycles. The van der Waals surface area contributed by atoms with Crippen LogP contribution in [0.5, 0.6) is 5.75 Å².